The summed E-state index contributed by atoms with van der Waals surface area (Å²) >= 11 is 0. The van der Waals surface area contributed by atoms with E-state index in [0.29, 0.717) is 18.8 Å². The number of halogens is 1. The van der Waals surface area contributed by atoms with Gasteiger partial charge in [-0.2, -0.15) is 5.10 Å². The lowest BCUT2D eigenvalue weighted by molar-refractivity contribution is 0.0684. The average Bonchev–Trinajstić information content (AvgIpc) is 2.32. The second-order valence-electron chi connectivity index (χ2n) is 5.67. The lowest BCUT2D eigenvalue weighted by atomic mass is 9.92. The van der Waals surface area contributed by atoms with Crippen molar-refractivity contribution in [1.29, 1.82) is 0 Å². The Labute approximate surface area is 107 Å². The summed E-state index contributed by atoms with van der Waals surface area (Å²) in [6.45, 7) is 7.34. The molecule has 0 saturated carbocycles. The van der Waals surface area contributed by atoms with E-state index in [4.69, 9.17) is 4.74 Å². The van der Waals surface area contributed by atoms with Gasteiger partial charge in [0.25, 0.3) is 0 Å². The van der Waals surface area contributed by atoms with Gasteiger partial charge in [-0.1, -0.05) is 20.8 Å². The fourth-order valence-electron chi connectivity index (χ4n) is 1.87. The fraction of sp³-hybridized carbons (Fsp3) is 0.692. The molecule has 0 amide bonds. The van der Waals surface area contributed by atoms with Gasteiger partial charge in [0.15, 0.2) is 0 Å². The topological polar surface area (TPSA) is 47.0 Å². The van der Waals surface area contributed by atoms with Crippen LogP contribution in [0.5, 0.6) is 5.88 Å². The lowest BCUT2D eigenvalue weighted by Gasteiger charge is -2.26. The van der Waals surface area contributed by atoms with Crippen LogP contribution in [-0.2, 0) is 5.41 Å². The largest absolute Gasteiger partial charge is 0.470 e. The zero-order valence-electron chi connectivity index (χ0n) is 11.1. The summed E-state index contributed by atoms with van der Waals surface area (Å²) in [6, 6.07) is 3.65. The number of hydrogen-bond acceptors (Lipinski definition) is 4. The summed E-state index contributed by atoms with van der Waals surface area (Å²) in [5.74, 6) is 0.401. The maximum absolute atomic E-state index is 13.6. The molecule has 0 unspecified atom stereocenters. The molecule has 2 rings (SSSR count). The summed E-state index contributed by atoms with van der Waals surface area (Å²) in [5.41, 5.74) is 0.861. The quantitative estimate of drug-likeness (QED) is 0.874. The van der Waals surface area contributed by atoms with Crippen molar-refractivity contribution in [2.75, 3.05) is 13.1 Å². The molecule has 1 aliphatic rings. The first-order chi connectivity index (χ1) is 8.47. The van der Waals surface area contributed by atoms with Gasteiger partial charge in [-0.05, 0) is 19.0 Å². The zero-order chi connectivity index (χ0) is 13.2. The minimum Gasteiger partial charge on any atom is -0.470 e. The normalized spacial score (nSPS) is 24.9. The monoisotopic (exact) mass is 253 g/mol. The Morgan fingerprint density at radius 2 is 2.11 bits per heavy atom. The summed E-state index contributed by atoms with van der Waals surface area (Å²) in [7, 11) is 0. The van der Waals surface area contributed by atoms with E-state index in [9.17, 15) is 4.39 Å². The van der Waals surface area contributed by atoms with E-state index in [2.05, 4.69) is 36.3 Å². The molecule has 0 spiro atoms. The Hall–Kier alpha value is -1.23. The van der Waals surface area contributed by atoms with Gasteiger partial charge in [0.05, 0.1) is 5.69 Å². The van der Waals surface area contributed by atoms with Crippen molar-refractivity contribution in [2.24, 2.45) is 0 Å². The van der Waals surface area contributed by atoms with Gasteiger partial charge in [-0.25, -0.2) is 4.39 Å². The molecule has 1 N–H and O–H groups in total. The van der Waals surface area contributed by atoms with Crippen molar-refractivity contribution in [1.82, 2.24) is 15.5 Å². The maximum atomic E-state index is 13.6. The minimum atomic E-state index is -0.983. The molecule has 2 heterocycles. The van der Waals surface area contributed by atoms with E-state index in [1.54, 1.807) is 6.07 Å². The molecule has 0 aliphatic carbocycles. The molecular weight excluding hydrogens is 233 g/mol. The first-order valence-corrected chi connectivity index (χ1v) is 6.32. The molecule has 1 aromatic heterocycles. The summed E-state index contributed by atoms with van der Waals surface area (Å²) in [5, 5.41) is 11.1. The van der Waals surface area contributed by atoms with Crippen molar-refractivity contribution >= 4 is 0 Å². The van der Waals surface area contributed by atoms with E-state index in [1.807, 2.05) is 6.07 Å². The molecule has 0 aromatic carbocycles. The molecule has 1 aliphatic heterocycles. The minimum absolute atomic E-state index is 0.0388. The Balaban J connectivity index is 2.02. The van der Waals surface area contributed by atoms with E-state index < -0.39 is 12.3 Å². The van der Waals surface area contributed by atoms with E-state index in [0.717, 1.165) is 12.2 Å². The number of hydrogen-bond donors (Lipinski definition) is 1. The molecule has 4 nitrogen and oxygen atoms in total. The predicted molar refractivity (Wildman–Crippen MR) is 67.5 cm³/mol. The Morgan fingerprint density at radius 3 is 2.67 bits per heavy atom. The molecular formula is C13H20FN3O. The predicted octanol–water partition coefficient (Wildman–Crippen LogP) is 1.85. The molecule has 2 atom stereocenters. The third kappa shape index (κ3) is 3.16. The molecule has 100 valence electrons. The van der Waals surface area contributed by atoms with Crippen LogP contribution in [-0.4, -0.2) is 35.6 Å². The van der Waals surface area contributed by atoms with Gasteiger partial charge < -0.3 is 10.1 Å². The van der Waals surface area contributed by atoms with Crippen LogP contribution in [0.15, 0.2) is 12.1 Å². The van der Waals surface area contributed by atoms with Gasteiger partial charge in [0, 0.05) is 18.0 Å². The first-order valence-electron chi connectivity index (χ1n) is 6.32. The van der Waals surface area contributed by atoms with Crippen molar-refractivity contribution in [2.45, 2.75) is 44.9 Å². The standard InChI is InChI=1S/C13H20FN3O/c1-13(2,3)11-4-5-12(17-16-11)18-10-6-7-15-8-9(10)14/h4-5,9-10,15H,6-8H2,1-3H3/t9-,10+/m0/s1. The number of piperidine rings is 1. The van der Waals surface area contributed by atoms with Crippen LogP contribution in [0.1, 0.15) is 32.9 Å². The SMILES string of the molecule is CC(C)(C)c1ccc(O[C@@H]2CCNC[C@@H]2F)nn1. The van der Waals surface area contributed by atoms with Crippen LogP contribution in [0.3, 0.4) is 0 Å². The van der Waals surface area contributed by atoms with E-state index in [1.165, 1.54) is 0 Å². The van der Waals surface area contributed by atoms with Crippen molar-refractivity contribution in [3.63, 3.8) is 0 Å². The summed E-state index contributed by atoms with van der Waals surface area (Å²) in [6.07, 6.45) is -0.743. The van der Waals surface area contributed by atoms with Crippen molar-refractivity contribution in [3.8, 4) is 5.88 Å². The lowest BCUT2D eigenvalue weighted by Crippen LogP contribution is -2.44. The summed E-state index contributed by atoms with van der Waals surface area (Å²) < 4.78 is 19.1. The van der Waals surface area contributed by atoms with Crippen LogP contribution in [0.4, 0.5) is 4.39 Å². The average molecular weight is 253 g/mol. The van der Waals surface area contributed by atoms with Gasteiger partial charge >= 0.3 is 0 Å². The zero-order valence-corrected chi connectivity index (χ0v) is 11.1. The third-order valence-electron chi connectivity index (χ3n) is 3.03. The molecule has 5 heteroatoms. The highest BCUT2D eigenvalue weighted by molar-refractivity contribution is 5.17. The van der Waals surface area contributed by atoms with Crippen molar-refractivity contribution in [3.05, 3.63) is 17.8 Å². The highest BCUT2D eigenvalue weighted by Crippen LogP contribution is 2.21. The molecule has 0 radical (unpaired) electrons. The van der Waals surface area contributed by atoms with E-state index >= 15 is 0 Å². The van der Waals surface area contributed by atoms with Gasteiger partial charge in [0.1, 0.15) is 12.3 Å². The number of rotatable bonds is 2. The first kappa shape index (κ1) is 13.2. The van der Waals surface area contributed by atoms with Gasteiger partial charge in [0.2, 0.25) is 5.88 Å². The van der Waals surface area contributed by atoms with Crippen LogP contribution in [0.2, 0.25) is 0 Å². The van der Waals surface area contributed by atoms with Crippen molar-refractivity contribution < 1.29 is 9.13 Å². The highest BCUT2D eigenvalue weighted by Gasteiger charge is 2.26. The van der Waals surface area contributed by atoms with Crippen LogP contribution >= 0.6 is 0 Å². The fourth-order valence-corrected chi connectivity index (χ4v) is 1.87. The number of alkyl halides is 1. The molecule has 1 aromatic rings. The highest BCUT2D eigenvalue weighted by atomic mass is 19.1. The second-order valence-corrected chi connectivity index (χ2v) is 5.67. The van der Waals surface area contributed by atoms with Gasteiger partial charge in [-0.15, -0.1) is 5.10 Å². The molecule has 0 bridgehead atoms. The summed E-state index contributed by atoms with van der Waals surface area (Å²) in [4.78, 5) is 0. The van der Waals surface area contributed by atoms with Crippen LogP contribution in [0, 0.1) is 0 Å². The van der Waals surface area contributed by atoms with Crippen LogP contribution in [0.25, 0.3) is 0 Å². The Morgan fingerprint density at radius 1 is 1.33 bits per heavy atom. The molecule has 1 saturated heterocycles. The van der Waals surface area contributed by atoms with Gasteiger partial charge in [-0.3, -0.25) is 0 Å². The Bertz CT molecular complexity index is 388. The smallest absolute Gasteiger partial charge is 0.233 e. The second kappa shape index (κ2) is 5.18. The van der Waals surface area contributed by atoms with E-state index in [-0.39, 0.29) is 5.41 Å². The number of aromatic nitrogens is 2. The maximum Gasteiger partial charge on any atom is 0.233 e. The number of ether oxygens (including phenoxy) is 1. The molecule has 18 heavy (non-hydrogen) atoms. The number of nitrogens with zero attached hydrogens (tertiary/aromatic N) is 2. The molecule has 1 fully saturated rings. The third-order valence-corrected chi connectivity index (χ3v) is 3.03. The Kier molecular flexibility index (Phi) is 3.80. The number of nitrogens with one attached hydrogen (secondary N) is 1. The van der Waals surface area contributed by atoms with Crippen LogP contribution < -0.4 is 10.1 Å².